The Hall–Kier alpha value is -1.35. The minimum Gasteiger partial charge on any atom is -0.342 e. The predicted molar refractivity (Wildman–Crippen MR) is 89.6 cm³/mol. The van der Waals surface area contributed by atoms with Crippen molar-refractivity contribution in [2.75, 3.05) is 26.2 Å². The lowest BCUT2D eigenvalue weighted by atomic mass is 9.84. The summed E-state index contributed by atoms with van der Waals surface area (Å²) < 4.78 is 0. The van der Waals surface area contributed by atoms with Gasteiger partial charge in [0.25, 0.3) is 0 Å². The molecule has 22 heavy (non-hydrogen) atoms. The van der Waals surface area contributed by atoms with Crippen molar-refractivity contribution in [3.8, 4) is 0 Å². The molecule has 1 N–H and O–H groups in total. The Labute approximate surface area is 134 Å². The number of benzene rings is 1. The first-order chi connectivity index (χ1) is 10.6. The summed E-state index contributed by atoms with van der Waals surface area (Å²) in [5.41, 5.74) is 0.927. The van der Waals surface area contributed by atoms with Crippen LogP contribution in [0, 0.1) is 17.3 Å². The predicted octanol–water partition coefficient (Wildman–Crippen LogP) is 2.71. The number of nitrogens with zero attached hydrogens (tertiary/aromatic N) is 1. The molecule has 3 nitrogen and oxygen atoms in total. The molecule has 120 valence electrons. The molecule has 1 amide bonds. The fourth-order valence-corrected chi connectivity index (χ4v) is 4.03. The van der Waals surface area contributed by atoms with Gasteiger partial charge in [0.2, 0.25) is 5.91 Å². The SMILES string of the molecule is CC(C)(Cc1ccccc1)C(=O)N1CC[C@@H]2CNC[C@@H]2CC1. The van der Waals surface area contributed by atoms with Crippen LogP contribution in [0.2, 0.25) is 0 Å². The second kappa shape index (κ2) is 6.41. The topological polar surface area (TPSA) is 32.3 Å². The van der Waals surface area contributed by atoms with Crippen molar-refractivity contribution in [3.63, 3.8) is 0 Å². The summed E-state index contributed by atoms with van der Waals surface area (Å²) >= 11 is 0. The lowest BCUT2D eigenvalue weighted by Crippen LogP contribution is -2.42. The van der Waals surface area contributed by atoms with Gasteiger partial charge >= 0.3 is 0 Å². The molecule has 2 fully saturated rings. The van der Waals surface area contributed by atoms with Gasteiger partial charge in [-0.2, -0.15) is 0 Å². The first-order valence-electron chi connectivity index (χ1n) is 8.60. The second-order valence-electron chi connectivity index (χ2n) is 7.59. The van der Waals surface area contributed by atoms with E-state index in [1.807, 2.05) is 6.07 Å². The highest BCUT2D eigenvalue weighted by molar-refractivity contribution is 5.82. The maximum absolute atomic E-state index is 13.0. The van der Waals surface area contributed by atoms with Crippen LogP contribution in [0.25, 0.3) is 0 Å². The second-order valence-corrected chi connectivity index (χ2v) is 7.59. The zero-order valence-corrected chi connectivity index (χ0v) is 13.8. The Morgan fingerprint density at radius 2 is 1.73 bits per heavy atom. The fourth-order valence-electron chi connectivity index (χ4n) is 4.03. The van der Waals surface area contributed by atoms with Crippen molar-refractivity contribution in [2.24, 2.45) is 17.3 Å². The molecule has 2 aliphatic heterocycles. The number of carbonyl (C=O) groups excluding carboxylic acids is 1. The van der Waals surface area contributed by atoms with Crippen molar-refractivity contribution in [1.82, 2.24) is 10.2 Å². The molecular weight excluding hydrogens is 272 g/mol. The molecule has 2 aliphatic rings. The minimum absolute atomic E-state index is 0.320. The first kappa shape index (κ1) is 15.5. The summed E-state index contributed by atoms with van der Waals surface area (Å²) in [4.78, 5) is 15.1. The Bertz CT molecular complexity index is 497. The molecule has 3 rings (SSSR count). The number of hydrogen-bond donors (Lipinski definition) is 1. The summed E-state index contributed by atoms with van der Waals surface area (Å²) in [6, 6.07) is 10.4. The van der Waals surface area contributed by atoms with Gasteiger partial charge in [0, 0.05) is 18.5 Å². The van der Waals surface area contributed by atoms with E-state index in [1.165, 1.54) is 5.56 Å². The van der Waals surface area contributed by atoms with E-state index < -0.39 is 0 Å². The van der Waals surface area contributed by atoms with Crippen molar-refractivity contribution >= 4 is 5.91 Å². The van der Waals surface area contributed by atoms with Crippen LogP contribution in [-0.2, 0) is 11.2 Å². The van der Waals surface area contributed by atoms with Crippen LogP contribution >= 0.6 is 0 Å². The number of fused-ring (bicyclic) bond motifs is 1. The van der Waals surface area contributed by atoms with E-state index in [4.69, 9.17) is 0 Å². The van der Waals surface area contributed by atoms with Gasteiger partial charge in [-0.15, -0.1) is 0 Å². The standard InChI is InChI=1S/C19H28N2O/c1-19(2,12-15-6-4-3-5-7-15)18(22)21-10-8-16-13-20-14-17(16)9-11-21/h3-7,16-17,20H,8-14H2,1-2H3/t16-,17+. The molecule has 0 spiro atoms. The van der Waals surface area contributed by atoms with Gasteiger partial charge in [-0.1, -0.05) is 44.2 Å². The van der Waals surface area contributed by atoms with E-state index in [0.717, 1.165) is 57.3 Å². The molecule has 0 radical (unpaired) electrons. The normalized spacial score (nSPS) is 25.6. The highest BCUT2D eigenvalue weighted by Gasteiger charge is 2.36. The van der Waals surface area contributed by atoms with Crippen LogP contribution in [0.15, 0.2) is 30.3 Å². The van der Waals surface area contributed by atoms with E-state index in [-0.39, 0.29) is 5.41 Å². The number of carbonyl (C=O) groups is 1. The average Bonchev–Trinajstić information content (AvgIpc) is 2.86. The van der Waals surface area contributed by atoms with Crippen molar-refractivity contribution in [2.45, 2.75) is 33.1 Å². The Balaban J connectivity index is 1.64. The van der Waals surface area contributed by atoms with Gasteiger partial charge in [-0.25, -0.2) is 0 Å². The molecule has 0 aromatic heterocycles. The Kier molecular flexibility index (Phi) is 4.53. The van der Waals surface area contributed by atoms with E-state index in [9.17, 15) is 4.79 Å². The maximum Gasteiger partial charge on any atom is 0.228 e. The molecule has 3 heteroatoms. The number of likely N-dealkylation sites (tertiary alicyclic amines) is 1. The van der Waals surface area contributed by atoms with E-state index >= 15 is 0 Å². The van der Waals surface area contributed by atoms with Gasteiger partial charge in [0.1, 0.15) is 0 Å². The van der Waals surface area contributed by atoms with Crippen LogP contribution in [0.3, 0.4) is 0 Å². The molecular formula is C19H28N2O. The summed E-state index contributed by atoms with van der Waals surface area (Å²) in [6.07, 6.45) is 3.13. The highest BCUT2D eigenvalue weighted by Crippen LogP contribution is 2.30. The van der Waals surface area contributed by atoms with Gasteiger partial charge in [-0.05, 0) is 49.8 Å². The number of hydrogen-bond acceptors (Lipinski definition) is 2. The zero-order chi connectivity index (χ0) is 15.6. The van der Waals surface area contributed by atoms with Crippen LogP contribution in [0.1, 0.15) is 32.3 Å². The van der Waals surface area contributed by atoms with Crippen LogP contribution < -0.4 is 5.32 Å². The van der Waals surface area contributed by atoms with Gasteiger partial charge < -0.3 is 10.2 Å². The molecule has 0 aliphatic carbocycles. The van der Waals surface area contributed by atoms with Crippen molar-refractivity contribution in [1.29, 1.82) is 0 Å². The van der Waals surface area contributed by atoms with E-state index in [1.54, 1.807) is 0 Å². The van der Waals surface area contributed by atoms with E-state index in [0.29, 0.717) is 5.91 Å². The molecule has 1 aromatic carbocycles. The zero-order valence-electron chi connectivity index (χ0n) is 13.8. The quantitative estimate of drug-likeness (QED) is 0.931. The van der Waals surface area contributed by atoms with Crippen molar-refractivity contribution < 1.29 is 4.79 Å². The van der Waals surface area contributed by atoms with E-state index in [2.05, 4.69) is 48.3 Å². The smallest absolute Gasteiger partial charge is 0.228 e. The Morgan fingerprint density at radius 3 is 2.32 bits per heavy atom. The molecule has 0 saturated carbocycles. The molecule has 2 saturated heterocycles. The summed E-state index contributed by atoms with van der Waals surface area (Å²) in [5, 5.41) is 3.50. The molecule has 2 heterocycles. The number of amides is 1. The lowest BCUT2D eigenvalue weighted by molar-refractivity contribution is -0.140. The largest absolute Gasteiger partial charge is 0.342 e. The molecule has 1 aromatic rings. The summed E-state index contributed by atoms with van der Waals surface area (Å²) in [6.45, 7) is 8.32. The third kappa shape index (κ3) is 3.35. The first-order valence-corrected chi connectivity index (χ1v) is 8.60. The average molecular weight is 300 g/mol. The molecule has 0 unspecified atom stereocenters. The summed E-state index contributed by atoms with van der Waals surface area (Å²) in [5.74, 6) is 1.87. The Morgan fingerprint density at radius 1 is 1.14 bits per heavy atom. The highest BCUT2D eigenvalue weighted by atomic mass is 16.2. The summed E-state index contributed by atoms with van der Waals surface area (Å²) in [7, 11) is 0. The monoisotopic (exact) mass is 300 g/mol. The third-order valence-electron chi connectivity index (χ3n) is 5.37. The van der Waals surface area contributed by atoms with Gasteiger partial charge in [-0.3, -0.25) is 4.79 Å². The van der Waals surface area contributed by atoms with Crippen LogP contribution in [-0.4, -0.2) is 37.0 Å². The van der Waals surface area contributed by atoms with Crippen molar-refractivity contribution in [3.05, 3.63) is 35.9 Å². The van der Waals surface area contributed by atoms with Gasteiger partial charge in [0.05, 0.1) is 0 Å². The fraction of sp³-hybridized carbons (Fsp3) is 0.632. The van der Waals surface area contributed by atoms with Crippen LogP contribution in [0.4, 0.5) is 0 Å². The molecule has 2 atom stereocenters. The maximum atomic E-state index is 13.0. The number of nitrogens with one attached hydrogen (secondary N) is 1. The molecule has 0 bridgehead atoms. The minimum atomic E-state index is -0.320. The van der Waals surface area contributed by atoms with Gasteiger partial charge in [0.15, 0.2) is 0 Å². The number of rotatable bonds is 3. The lowest BCUT2D eigenvalue weighted by Gasteiger charge is -2.31. The third-order valence-corrected chi connectivity index (χ3v) is 5.37. The van der Waals surface area contributed by atoms with Crippen LogP contribution in [0.5, 0.6) is 0 Å².